The fourth-order valence-corrected chi connectivity index (χ4v) is 2.98. The zero-order valence-corrected chi connectivity index (χ0v) is 12.5. The summed E-state index contributed by atoms with van der Waals surface area (Å²) in [5, 5.41) is 0.818. The Balaban J connectivity index is 2.35. The van der Waals surface area contributed by atoms with Crippen LogP contribution in [0, 0.1) is 0 Å². The molecule has 3 nitrogen and oxygen atoms in total. The molecule has 2 N–H and O–H groups in total. The van der Waals surface area contributed by atoms with Gasteiger partial charge in [-0.05, 0) is 31.4 Å². The Hall–Kier alpha value is -0.770. The highest BCUT2D eigenvalue weighted by Crippen LogP contribution is 2.33. The smallest absolute Gasteiger partial charge is 0.0670 e. The number of para-hydroxylation sites is 1. The average molecular weight is 283 g/mol. The summed E-state index contributed by atoms with van der Waals surface area (Å²) in [6, 6.07) is 6.64. The fourth-order valence-electron chi connectivity index (χ4n) is 2.68. The van der Waals surface area contributed by atoms with Gasteiger partial charge in [-0.25, -0.2) is 0 Å². The molecule has 19 heavy (non-hydrogen) atoms. The molecule has 0 aromatic heterocycles. The molecule has 1 aliphatic rings. The van der Waals surface area contributed by atoms with Gasteiger partial charge in [-0.2, -0.15) is 0 Å². The van der Waals surface area contributed by atoms with Gasteiger partial charge in [-0.3, -0.25) is 0 Å². The standard InChI is InChI=1S/C15H23ClN2O/c1-3-13-10-19-8-7-18(13)15-12(9-11(2)17)5-4-6-14(15)16/h4-6,11,13H,3,7-10,17H2,1-2H3. The van der Waals surface area contributed by atoms with E-state index in [1.165, 1.54) is 5.56 Å². The monoisotopic (exact) mass is 282 g/mol. The minimum Gasteiger partial charge on any atom is -0.377 e. The van der Waals surface area contributed by atoms with E-state index in [0.29, 0.717) is 6.04 Å². The van der Waals surface area contributed by atoms with Crippen molar-refractivity contribution in [1.82, 2.24) is 0 Å². The summed E-state index contributed by atoms with van der Waals surface area (Å²) < 4.78 is 5.58. The van der Waals surface area contributed by atoms with Crippen molar-refractivity contribution in [2.45, 2.75) is 38.8 Å². The first-order valence-electron chi connectivity index (χ1n) is 7.00. The van der Waals surface area contributed by atoms with Crippen molar-refractivity contribution in [2.24, 2.45) is 5.73 Å². The highest BCUT2D eigenvalue weighted by Gasteiger charge is 2.25. The molecular weight excluding hydrogens is 260 g/mol. The molecule has 0 aliphatic carbocycles. The van der Waals surface area contributed by atoms with E-state index < -0.39 is 0 Å². The van der Waals surface area contributed by atoms with E-state index in [1.54, 1.807) is 0 Å². The summed E-state index contributed by atoms with van der Waals surface area (Å²) in [7, 11) is 0. The Morgan fingerprint density at radius 2 is 2.32 bits per heavy atom. The van der Waals surface area contributed by atoms with E-state index in [2.05, 4.69) is 17.9 Å². The molecular formula is C15H23ClN2O. The third-order valence-electron chi connectivity index (χ3n) is 3.60. The Bertz CT molecular complexity index is 423. The number of nitrogens with zero attached hydrogens (tertiary/aromatic N) is 1. The van der Waals surface area contributed by atoms with Crippen LogP contribution in [0.5, 0.6) is 0 Å². The van der Waals surface area contributed by atoms with Crippen LogP contribution in [-0.4, -0.2) is 31.8 Å². The van der Waals surface area contributed by atoms with Gasteiger partial charge in [0.15, 0.2) is 0 Å². The van der Waals surface area contributed by atoms with Crippen molar-refractivity contribution in [1.29, 1.82) is 0 Å². The number of nitrogens with two attached hydrogens (primary N) is 1. The molecule has 2 rings (SSSR count). The van der Waals surface area contributed by atoms with Gasteiger partial charge in [0.25, 0.3) is 0 Å². The lowest BCUT2D eigenvalue weighted by Gasteiger charge is -2.38. The second kappa shape index (κ2) is 6.60. The first-order chi connectivity index (χ1) is 9.13. The van der Waals surface area contributed by atoms with Crippen molar-refractivity contribution in [3.8, 4) is 0 Å². The Morgan fingerprint density at radius 1 is 1.53 bits per heavy atom. The summed E-state index contributed by atoms with van der Waals surface area (Å²) >= 11 is 6.45. The fraction of sp³-hybridized carbons (Fsp3) is 0.600. The number of hydrogen-bond donors (Lipinski definition) is 1. The van der Waals surface area contributed by atoms with Crippen LogP contribution >= 0.6 is 11.6 Å². The van der Waals surface area contributed by atoms with Gasteiger partial charge in [0.1, 0.15) is 0 Å². The zero-order valence-electron chi connectivity index (χ0n) is 11.7. The maximum atomic E-state index is 6.45. The molecule has 0 amide bonds. The van der Waals surface area contributed by atoms with Crippen LogP contribution in [0.25, 0.3) is 0 Å². The van der Waals surface area contributed by atoms with Gasteiger partial charge in [0.05, 0.1) is 30.0 Å². The van der Waals surface area contributed by atoms with Crippen LogP contribution in [0.2, 0.25) is 5.02 Å². The highest BCUT2D eigenvalue weighted by molar-refractivity contribution is 6.33. The van der Waals surface area contributed by atoms with Gasteiger partial charge in [-0.1, -0.05) is 30.7 Å². The lowest BCUT2D eigenvalue weighted by molar-refractivity contribution is 0.0929. The molecule has 106 valence electrons. The third kappa shape index (κ3) is 3.41. The molecule has 0 radical (unpaired) electrons. The van der Waals surface area contributed by atoms with Crippen LogP contribution < -0.4 is 10.6 Å². The minimum absolute atomic E-state index is 0.137. The summed E-state index contributed by atoms with van der Waals surface area (Å²) in [5.41, 5.74) is 8.34. The lowest BCUT2D eigenvalue weighted by Crippen LogP contribution is -2.46. The van der Waals surface area contributed by atoms with E-state index in [-0.39, 0.29) is 6.04 Å². The molecule has 2 atom stereocenters. The van der Waals surface area contributed by atoms with Gasteiger partial charge in [-0.15, -0.1) is 0 Å². The van der Waals surface area contributed by atoms with Crippen molar-refractivity contribution in [2.75, 3.05) is 24.7 Å². The van der Waals surface area contributed by atoms with Crippen molar-refractivity contribution >= 4 is 17.3 Å². The van der Waals surface area contributed by atoms with Crippen LogP contribution in [0.3, 0.4) is 0 Å². The summed E-state index contributed by atoms with van der Waals surface area (Å²) in [5.74, 6) is 0. The molecule has 0 bridgehead atoms. The molecule has 1 heterocycles. The van der Waals surface area contributed by atoms with E-state index in [1.807, 2.05) is 19.1 Å². The van der Waals surface area contributed by atoms with E-state index in [9.17, 15) is 0 Å². The molecule has 0 spiro atoms. The molecule has 1 aromatic rings. The van der Waals surface area contributed by atoms with Crippen LogP contribution in [0.4, 0.5) is 5.69 Å². The molecule has 1 fully saturated rings. The van der Waals surface area contributed by atoms with Crippen molar-refractivity contribution in [3.63, 3.8) is 0 Å². The quantitative estimate of drug-likeness (QED) is 0.923. The summed E-state index contributed by atoms with van der Waals surface area (Å²) in [6.45, 7) is 6.66. The number of morpholine rings is 1. The Labute approximate surface area is 120 Å². The van der Waals surface area contributed by atoms with Gasteiger partial charge < -0.3 is 15.4 Å². The summed E-state index contributed by atoms with van der Waals surface area (Å²) in [4.78, 5) is 2.39. The predicted molar refractivity (Wildman–Crippen MR) is 81.0 cm³/mol. The Morgan fingerprint density at radius 3 is 3.00 bits per heavy atom. The molecule has 2 unspecified atom stereocenters. The zero-order chi connectivity index (χ0) is 13.8. The van der Waals surface area contributed by atoms with Crippen LogP contribution in [-0.2, 0) is 11.2 Å². The van der Waals surface area contributed by atoms with E-state index >= 15 is 0 Å². The molecule has 1 aromatic carbocycles. The maximum absolute atomic E-state index is 6.45. The highest BCUT2D eigenvalue weighted by atomic mass is 35.5. The number of rotatable bonds is 4. The number of benzene rings is 1. The van der Waals surface area contributed by atoms with Gasteiger partial charge in [0.2, 0.25) is 0 Å². The van der Waals surface area contributed by atoms with E-state index in [0.717, 1.165) is 43.3 Å². The number of hydrogen-bond acceptors (Lipinski definition) is 3. The topological polar surface area (TPSA) is 38.5 Å². The SMILES string of the molecule is CCC1COCCN1c1c(Cl)cccc1CC(C)N. The summed E-state index contributed by atoms with van der Waals surface area (Å²) in [6.07, 6.45) is 1.91. The number of halogens is 1. The first kappa shape index (κ1) is 14.6. The number of ether oxygens (including phenoxy) is 1. The first-order valence-corrected chi connectivity index (χ1v) is 7.38. The second-order valence-electron chi connectivity index (χ2n) is 5.26. The van der Waals surface area contributed by atoms with Crippen LogP contribution in [0.15, 0.2) is 18.2 Å². The predicted octanol–water partition coefficient (Wildman–Crippen LogP) is 2.84. The number of anilines is 1. The Kier molecular flexibility index (Phi) is 5.08. The lowest BCUT2D eigenvalue weighted by atomic mass is 10.0. The van der Waals surface area contributed by atoms with Gasteiger partial charge >= 0.3 is 0 Å². The van der Waals surface area contributed by atoms with Crippen molar-refractivity contribution < 1.29 is 4.74 Å². The third-order valence-corrected chi connectivity index (χ3v) is 3.90. The largest absolute Gasteiger partial charge is 0.377 e. The van der Waals surface area contributed by atoms with Gasteiger partial charge in [0, 0.05) is 12.6 Å². The minimum atomic E-state index is 0.137. The molecule has 4 heteroatoms. The maximum Gasteiger partial charge on any atom is 0.0670 e. The molecule has 1 aliphatic heterocycles. The van der Waals surface area contributed by atoms with E-state index in [4.69, 9.17) is 22.1 Å². The molecule has 1 saturated heterocycles. The molecule has 0 saturated carbocycles. The van der Waals surface area contributed by atoms with Crippen LogP contribution in [0.1, 0.15) is 25.8 Å². The average Bonchev–Trinajstić information content (AvgIpc) is 2.38. The normalized spacial score (nSPS) is 21.5. The van der Waals surface area contributed by atoms with Crippen molar-refractivity contribution in [3.05, 3.63) is 28.8 Å². The second-order valence-corrected chi connectivity index (χ2v) is 5.67.